The van der Waals surface area contributed by atoms with Gasteiger partial charge in [0, 0.05) is 29.4 Å². The highest BCUT2D eigenvalue weighted by Gasteiger charge is 2.11. The van der Waals surface area contributed by atoms with Gasteiger partial charge in [-0.2, -0.15) is 0 Å². The second kappa shape index (κ2) is 5.81. The first-order chi connectivity index (χ1) is 10.7. The standard InChI is InChI=1S/C17H14FN3O/c18-14-6-2-1-4-11(14)10-21-15-8-7-13(17(19)22)16-12(15)5-3-9-20-16/h1-9,21H,10H2,(H2,19,22). The van der Waals surface area contributed by atoms with Crippen LogP contribution in [0, 0.1) is 5.82 Å². The van der Waals surface area contributed by atoms with Gasteiger partial charge in [-0.15, -0.1) is 0 Å². The number of nitrogens with one attached hydrogen (secondary N) is 1. The van der Waals surface area contributed by atoms with E-state index in [4.69, 9.17) is 5.73 Å². The van der Waals surface area contributed by atoms with Gasteiger partial charge in [0.1, 0.15) is 5.82 Å². The molecule has 0 spiro atoms. The van der Waals surface area contributed by atoms with Gasteiger partial charge in [-0.1, -0.05) is 18.2 Å². The Kier molecular flexibility index (Phi) is 3.70. The third kappa shape index (κ3) is 2.61. The highest BCUT2D eigenvalue weighted by Crippen LogP contribution is 2.25. The molecule has 0 bridgehead atoms. The summed E-state index contributed by atoms with van der Waals surface area (Å²) in [7, 11) is 0. The van der Waals surface area contributed by atoms with Crippen LogP contribution in [0.25, 0.3) is 10.9 Å². The normalized spacial score (nSPS) is 10.6. The molecule has 1 amide bonds. The van der Waals surface area contributed by atoms with Crippen LogP contribution in [0.2, 0.25) is 0 Å². The zero-order chi connectivity index (χ0) is 15.5. The molecule has 0 saturated carbocycles. The Balaban J connectivity index is 1.97. The lowest BCUT2D eigenvalue weighted by atomic mass is 10.1. The Morgan fingerprint density at radius 3 is 2.73 bits per heavy atom. The van der Waals surface area contributed by atoms with Crippen molar-refractivity contribution in [3.8, 4) is 0 Å². The number of primary amides is 1. The first-order valence-corrected chi connectivity index (χ1v) is 6.81. The van der Waals surface area contributed by atoms with E-state index in [1.165, 1.54) is 6.07 Å². The highest BCUT2D eigenvalue weighted by molar-refractivity contribution is 6.07. The molecule has 5 heteroatoms. The molecule has 1 heterocycles. The predicted molar refractivity (Wildman–Crippen MR) is 84.0 cm³/mol. The summed E-state index contributed by atoms with van der Waals surface area (Å²) in [5.41, 5.74) is 7.61. The van der Waals surface area contributed by atoms with E-state index in [-0.39, 0.29) is 5.82 Å². The Bertz CT molecular complexity index is 848. The molecule has 3 N–H and O–H groups in total. The number of rotatable bonds is 4. The molecule has 110 valence electrons. The number of hydrogen-bond acceptors (Lipinski definition) is 3. The number of pyridine rings is 1. The minimum Gasteiger partial charge on any atom is -0.380 e. The molecular weight excluding hydrogens is 281 g/mol. The predicted octanol–water partition coefficient (Wildman–Crippen LogP) is 3.08. The number of fused-ring (bicyclic) bond motifs is 1. The maximum absolute atomic E-state index is 13.7. The van der Waals surface area contributed by atoms with Gasteiger partial charge in [-0.3, -0.25) is 9.78 Å². The van der Waals surface area contributed by atoms with Gasteiger partial charge in [0.05, 0.1) is 11.1 Å². The minimum absolute atomic E-state index is 0.258. The third-order valence-electron chi connectivity index (χ3n) is 3.46. The van der Waals surface area contributed by atoms with Gasteiger partial charge < -0.3 is 11.1 Å². The van der Waals surface area contributed by atoms with Gasteiger partial charge in [-0.25, -0.2) is 4.39 Å². The molecule has 22 heavy (non-hydrogen) atoms. The van der Waals surface area contributed by atoms with E-state index in [1.54, 1.807) is 42.6 Å². The zero-order valence-electron chi connectivity index (χ0n) is 11.7. The van der Waals surface area contributed by atoms with E-state index in [0.29, 0.717) is 23.2 Å². The van der Waals surface area contributed by atoms with Crippen molar-refractivity contribution in [3.05, 3.63) is 71.7 Å². The fourth-order valence-electron chi connectivity index (χ4n) is 2.36. The molecule has 2 aromatic carbocycles. The molecule has 0 aliphatic carbocycles. The summed E-state index contributed by atoms with van der Waals surface area (Å²) < 4.78 is 13.7. The monoisotopic (exact) mass is 295 g/mol. The summed E-state index contributed by atoms with van der Waals surface area (Å²) in [5, 5.41) is 3.95. The van der Waals surface area contributed by atoms with Crippen molar-refractivity contribution >= 4 is 22.5 Å². The Hall–Kier alpha value is -2.95. The second-order valence-electron chi connectivity index (χ2n) is 4.87. The van der Waals surface area contributed by atoms with Crippen molar-refractivity contribution in [1.29, 1.82) is 0 Å². The van der Waals surface area contributed by atoms with E-state index in [2.05, 4.69) is 10.3 Å². The van der Waals surface area contributed by atoms with E-state index >= 15 is 0 Å². The number of carbonyl (C=O) groups excluding carboxylic acids is 1. The van der Waals surface area contributed by atoms with Crippen LogP contribution >= 0.6 is 0 Å². The molecule has 0 saturated heterocycles. The van der Waals surface area contributed by atoms with Crippen LogP contribution in [0.1, 0.15) is 15.9 Å². The number of carbonyl (C=O) groups is 1. The molecule has 0 atom stereocenters. The molecule has 0 aliphatic rings. The quantitative estimate of drug-likeness (QED) is 0.777. The van der Waals surface area contributed by atoms with Crippen LogP contribution in [-0.2, 0) is 6.54 Å². The number of halogens is 1. The Labute approximate surface area is 126 Å². The smallest absolute Gasteiger partial charge is 0.250 e. The Morgan fingerprint density at radius 2 is 1.95 bits per heavy atom. The molecular formula is C17H14FN3O. The fourth-order valence-corrected chi connectivity index (χ4v) is 2.36. The van der Waals surface area contributed by atoms with Crippen molar-refractivity contribution in [3.63, 3.8) is 0 Å². The summed E-state index contributed by atoms with van der Waals surface area (Å²) in [6, 6.07) is 13.6. The largest absolute Gasteiger partial charge is 0.380 e. The van der Waals surface area contributed by atoms with Crippen LogP contribution < -0.4 is 11.1 Å². The topological polar surface area (TPSA) is 68.0 Å². The number of aromatic nitrogens is 1. The van der Waals surface area contributed by atoms with Crippen LogP contribution in [0.15, 0.2) is 54.7 Å². The Morgan fingerprint density at radius 1 is 1.14 bits per heavy atom. The molecule has 0 unspecified atom stereocenters. The number of benzene rings is 2. The molecule has 0 radical (unpaired) electrons. The number of hydrogen-bond donors (Lipinski definition) is 2. The average Bonchev–Trinajstić information content (AvgIpc) is 2.53. The number of amides is 1. The summed E-state index contributed by atoms with van der Waals surface area (Å²) in [4.78, 5) is 15.7. The van der Waals surface area contributed by atoms with Crippen LogP contribution in [0.4, 0.5) is 10.1 Å². The molecule has 0 aliphatic heterocycles. The lowest BCUT2D eigenvalue weighted by Crippen LogP contribution is -2.12. The second-order valence-corrected chi connectivity index (χ2v) is 4.87. The summed E-state index contributed by atoms with van der Waals surface area (Å²) >= 11 is 0. The average molecular weight is 295 g/mol. The van der Waals surface area contributed by atoms with Crippen LogP contribution in [0.5, 0.6) is 0 Å². The summed E-state index contributed by atoms with van der Waals surface area (Å²) in [6.07, 6.45) is 1.61. The fraction of sp³-hybridized carbons (Fsp3) is 0.0588. The van der Waals surface area contributed by atoms with Gasteiger partial charge >= 0.3 is 0 Å². The van der Waals surface area contributed by atoms with Crippen molar-refractivity contribution in [2.75, 3.05) is 5.32 Å². The van der Waals surface area contributed by atoms with Gasteiger partial charge in [0.15, 0.2) is 0 Å². The van der Waals surface area contributed by atoms with Crippen molar-refractivity contribution < 1.29 is 9.18 Å². The third-order valence-corrected chi connectivity index (χ3v) is 3.46. The number of nitrogens with two attached hydrogens (primary N) is 1. The molecule has 3 aromatic rings. The highest BCUT2D eigenvalue weighted by atomic mass is 19.1. The summed E-state index contributed by atoms with van der Waals surface area (Å²) in [5.74, 6) is -0.782. The van der Waals surface area contributed by atoms with Crippen molar-refractivity contribution in [2.24, 2.45) is 5.73 Å². The number of anilines is 1. The molecule has 3 rings (SSSR count). The molecule has 4 nitrogen and oxygen atoms in total. The minimum atomic E-state index is -0.524. The van der Waals surface area contributed by atoms with Gasteiger partial charge in [0.25, 0.3) is 5.91 Å². The number of nitrogens with zero attached hydrogens (tertiary/aromatic N) is 1. The van der Waals surface area contributed by atoms with Gasteiger partial charge in [0.2, 0.25) is 0 Å². The zero-order valence-corrected chi connectivity index (χ0v) is 11.7. The van der Waals surface area contributed by atoms with E-state index in [9.17, 15) is 9.18 Å². The summed E-state index contributed by atoms with van der Waals surface area (Å²) in [6.45, 7) is 0.340. The van der Waals surface area contributed by atoms with Gasteiger partial charge in [-0.05, 0) is 30.3 Å². The van der Waals surface area contributed by atoms with Crippen LogP contribution in [-0.4, -0.2) is 10.9 Å². The van der Waals surface area contributed by atoms with E-state index in [0.717, 1.165) is 11.1 Å². The maximum Gasteiger partial charge on any atom is 0.250 e. The first kappa shape index (κ1) is 14.0. The van der Waals surface area contributed by atoms with E-state index < -0.39 is 5.91 Å². The maximum atomic E-state index is 13.7. The van der Waals surface area contributed by atoms with Crippen molar-refractivity contribution in [2.45, 2.75) is 6.54 Å². The SMILES string of the molecule is NC(=O)c1ccc(NCc2ccccc2F)c2cccnc12. The lowest BCUT2D eigenvalue weighted by Gasteiger charge is -2.11. The molecule has 1 aromatic heterocycles. The van der Waals surface area contributed by atoms with Crippen LogP contribution in [0.3, 0.4) is 0 Å². The first-order valence-electron chi connectivity index (χ1n) is 6.81. The van der Waals surface area contributed by atoms with E-state index in [1.807, 2.05) is 6.07 Å². The molecule has 0 fully saturated rings. The lowest BCUT2D eigenvalue weighted by molar-refractivity contribution is 0.100. The van der Waals surface area contributed by atoms with Crippen molar-refractivity contribution in [1.82, 2.24) is 4.98 Å².